The number of carbonyl (C=O) groups is 1. The Morgan fingerprint density at radius 3 is 2.88 bits per heavy atom. The fourth-order valence-corrected chi connectivity index (χ4v) is 1.38. The smallest absolute Gasteiger partial charge is 0.224 e. The lowest BCUT2D eigenvalue weighted by Crippen LogP contribution is -2.32. The van der Waals surface area contributed by atoms with Crippen molar-refractivity contribution in [3.63, 3.8) is 0 Å². The van der Waals surface area contributed by atoms with E-state index in [1.54, 1.807) is 18.2 Å². The first-order valence-electron chi connectivity index (χ1n) is 5.47. The van der Waals surface area contributed by atoms with Crippen LogP contribution in [0.25, 0.3) is 0 Å². The highest BCUT2D eigenvalue weighted by Gasteiger charge is 2.02. The van der Waals surface area contributed by atoms with Crippen molar-refractivity contribution in [2.75, 3.05) is 19.6 Å². The summed E-state index contributed by atoms with van der Waals surface area (Å²) in [6.45, 7) is 4.34. The van der Waals surface area contributed by atoms with Crippen LogP contribution in [0.5, 0.6) is 5.75 Å². The Hall–Kier alpha value is -1.55. The zero-order valence-corrected chi connectivity index (χ0v) is 9.49. The highest BCUT2D eigenvalue weighted by Crippen LogP contribution is 2.10. The molecule has 0 heterocycles. The van der Waals surface area contributed by atoms with Gasteiger partial charge in [0.15, 0.2) is 0 Å². The number of phenols is 1. The molecule has 1 amide bonds. The van der Waals surface area contributed by atoms with Crippen LogP contribution in [0.3, 0.4) is 0 Å². The predicted octanol–water partition coefficient (Wildman–Crippen LogP) is 0.660. The Balaban J connectivity index is 2.29. The van der Waals surface area contributed by atoms with Crippen LogP contribution in [-0.4, -0.2) is 30.6 Å². The van der Waals surface area contributed by atoms with Gasteiger partial charge in [0.2, 0.25) is 5.91 Å². The maximum atomic E-state index is 11.5. The van der Waals surface area contributed by atoms with Gasteiger partial charge in [0.25, 0.3) is 0 Å². The molecular weight excluding hydrogens is 204 g/mol. The number of benzene rings is 1. The number of likely N-dealkylation sites (N-methyl/N-ethyl adjacent to an activating group) is 1. The van der Waals surface area contributed by atoms with Crippen LogP contribution >= 0.6 is 0 Å². The quantitative estimate of drug-likeness (QED) is 0.620. The van der Waals surface area contributed by atoms with E-state index in [2.05, 4.69) is 10.6 Å². The van der Waals surface area contributed by atoms with E-state index in [9.17, 15) is 9.90 Å². The number of amides is 1. The molecule has 0 spiro atoms. The van der Waals surface area contributed by atoms with Gasteiger partial charge >= 0.3 is 0 Å². The zero-order valence-electron chi connectivity index (χ0n) is 9.49. The van der Waals surface area contributed by atoms with Gasteiger partial charge in [0, 0.05) is 13.1 Å². The third-order valence-corrected chi connectivity index (χ3v) is 2.15. The summed E-state index contributed by atoms with van der Waals surface area (Å²) in [7, 11) is 0. The molecule has 0 saturated heterocycles. The van der Waals surface area contributed by atoms with E-state index in [-0.39, 0.29) is 11.7 Å². The first-order chi connectivity index (χ1) is 7.72. The minimum Gasteiger partial charge on any atom is -0.508 e. The van der Waals surface area contributed by atoms with Gasteiger partial charge in [-0.3, -0.25) is 4.79 Å². The maximum absolute atomic E-state index is 11.5. The topological polar surface area (TPSA) is 61.4 Å². The van der Waals surface area contributed by atoms with Gasteiger partial charge in [-0.25, -0.2) is 0 Å². The minimum absolute atomic E-state index is 0.0245. The van der Waals surface area contributed by atoms with Crippen LogP contribution in [0, 0.1) is 0 Å². The van der Waals surface area contributed by atoms with Crippen molar-refractivity contribution in [1.82, 2.24) is 10.6 Å². The van der Waals surface area contributed by atoms with Crippen molar-refractivity contribution in [2.45, 2.75) is 13.3 Å². The number of nitrogens with one attached hydrogen (secondary N) is 2. The Bertz CT molecular complexity index is 340. The van der Waals surface area contributed by atoms with E-state index >= 15 is 0 Å². The van der Waals surface area contributed by atoms with Gasteiger partial charge < -0.3 is 15.7 Å². The molecule has 0 atom stereocenters. The molecule has 4 heteroatoms. The Labute approximate surface area is 95.7 Å². The van der Waals surface area contributed by atoms with Crippen LogP contribution in [-0.2, 0) is 11.2 Å². The van der Waals surface area contributed by atoms with Crippen LogP contribution in [0.2, 0.25) is 0 Å². The highest BCUT2D eigenvalue weighted by atomic mass is 16.3. The van der Waals surface area contributed by atoms with E-state index in [0.717, 1.165) is 18.7 Å². The van der Waals surface area contributed by atoms with Gasteiger partial charge in [-0.15, -0.1) is 0 Å². The second kappa shape index (κ2) is 6.85. The molecule has 16 heavy (non-hydrogen) atoms. The SMILES string of the molecule is CCNCCNC(=O)Cc1cccc(O)c1. The number of aromatic hydroxyl groups is 1. The molecule has 0 unspecified atom stereocenters. The zero-order chi connectivity index (χ0) is 11.8. The number of hydrogen-bond acceptors (Lipinski definition) is 3. The Morgan fingerprint density at radius 1 is 1.38 bits per heavy atom. The molecule has 3 N–H and O–H groups in total. The van der Waals surface area contributed by atoms with E-state index in [1.165, 1.54) is 0 Å². The lowest BCUT2D eigenvalue weighted by Gasteiger charge is -2.05. The Morgan fingerprint density at radius 2 is 2.19 bits per heavy atom. The van der Waals surface area contributed by atoms with Crippen molar-refractivity contribution < 1.29 is 9.90 Å². The summed E-state index contributed by atoms with van der Waals surface area (Å²) in [5.41, 5.74) is 0.820. The van der Waals surface area contributed by atoms with E-state index in [1.807, 2.05) is 13.0 Å². The monoisotopic (exact) mass is 222 g/mol. The molecule has 1 rings (SSSR count). The molecule has 0 aliphatic heterocycles. The summed E-state index contributed by atoms with van der Waals surface area (Å²) in [6.07, 6.45) is 0.306. The van der Waals surface area contributed by atoms with Crippen molar-refractivity contribution in [3.05, 3.63) is 29.8 Å². The van der Waals surface area contributed by atoms with E-state index < -0.39 is 0 Å². The third kappa shape index (κ3) is 4.79. The molecule has 0 fully saturated rings. The van der Waals surface area contributed by atoms with E-state index in [0.29, 0.717) is 13.0 Å². The summed E-state index contributed by atoms with van der Waals surface area (Å²) < 4.78 is 0. The average molecular weight is 222 g/mol. The van der Waals surface area contributed by atoms with Crippen molar-refractivity contribution in [2.24, 2.45) is 0 Å². The predicted molar refractivity (Wildman–Crippen MR) is 63.4 cm³/mol. The second-order valence-electron chi connectivity index (χ2n) is 3.55. The largest absolute Gasteiger partial charge is 0.508 e. The average Bonchev–Trinajstić information content (AvgIpc) is 2.24. The molecule has 1 aromatic rings. The second-order valence-corrected chi connectivity index (χ2v) is 3.55. The van der Waals surface area contributed by atoms with Gasteiger partial charge in [-0.2, -0.15) is 0 Å². The minimum atomic E-state index is -0.0245. The summed E-state index contributed by atoms with van der Waals surface area (Å²) in [6, 6.07) is 6.75. The van der Waals surface area contributed by atoms with Crippen molar-refractivity contribution >= 4 is 5.91 Å². The molecule has 0 saturated carbocycles. The fourth-order valence-electron chi connectivity index (χ4n) is 1.38. The normalized spacial score (nSPS) is 10.1. The lowest BCUT2D eigenvalue weighted by atomic mass is 10.1. The third-order valence-electron chi connectivity index (χ3n) is 2.15. The molecule has 0 aromatic heterocycles. The van der Waals surface area contributed by atoms with Crippen LogP contribution in [0.15, 0.2) is 24.3 Å². The fraction of sp³-hybridized carbons (Fsp3) is 0.417. The molecule has 88 valence electrons. The highest BCUT2D eigenvalue weighted by molar-refractivity contribution is 5.78. The summed E-state index contributed by atoms with van der Waals surface area (Å²) in [5, 5.41) is 15.2. The molecular formula is C12H18N2O2. The number of phenolic OH excluding ortho intramolecular Hbond substituents is 1. The molecule has 4 nitrogen and oxygen atoms in total. The standard InChI is InChI=1S/C12H18N2O2/c1-2-13-6-7-14-12(16)9-10-4-3-5-11(15)8-10/h3-5,8,13,15H,2,6-7,9H2,1H3,(H,14,16). The van der Waals surface area contributed by atoms with Crippen molar-refractivity contribution in [1.29, 1.82) is 0 Å². The van der Waals surface area contributed by atoms with Gasteiger partial charge in [-0.05, 0) is 24.2 Å². The van der Waals surface area contributed by atoms with Gasteiger partial charge in [-0.1, -0.05) is 19.1 Å². The van der Waals surface area contributed by atoms with Crippen molar-refractivity contribution in [3.8, 4) is 5.75 Å². The first-order valence-corrected chi connectivity index (χ1v) is 5.47. The van der Waals surface area contributed by atoms with E-state index in [4.69, 9.17) is 0 Å². The van der Waals surface area contributed by atoms with Gasteiger partial charge in [0.1, 0.15) is 5.75 Å². The number of carbonyl (C=O) groups excluding carboxylic acids is 1. The van der Waals surface area contributed by atoms with Crippen LogP contribution in [0.4, 0.5) is 0 Å². The molecule has 1 aromatic carbocycles. The Kier molecular flexibility index (Phi) is 5.36. The molecule has 0 aliphatic carbocycles. The number of hydrogen-bond donors (Lipinski definition) is 3. The van der Waals surface area contributed by atoms with Crippen LogP contribution < -0.4 is 10.6 Å². The first kappa shape index (κ1) is 12.5. The summed E-state index contributed by atoms with van der Waals surface area (Å²) >= 11 is 0. The number of rotatable bonds is 6. The molecule has 0 bridgehead atoms. The summed E-state index contributed by atoms with van der Waals surface area (Å²) in [5.74, 6) is 0.168. The lowest BCUT2D eigenvalue weighted by molar-refractivity contribution is -0.120. The van der Waals surface area contributed by atoms with Crippen LogP contribution in [0.1, 0.15) is 12.5 Å². The van der Waals surface area contributed by atoms with Gasteiger partial charge in [0.05, 0.1) is 6.42 Å². The summed E-state index contributed by atoms with van der Waals surface area (Å²) in [4.78, 5) is 11.5. The molecule has 0 radical (unpaired) electrons. The maximum Gasteiger partial charge on any atom is 0.224 e. The molecule has 0 aliphatic rings.